The van der Waals surface area contributed by atoms with Crippen molar-refractivity contribution in [2.45, 2.75) is 18.4 Å². The minimum atomic E-state index is -0.142. The van der Waals surface area contributed by atoms with Crippen LogP contribution in [-0.2, 0) is 12.8 Å². The molecule has 0 spiro atoms. The summed E-state index contributed by atoms with van der Waals surface area (Å²) in [5.41, 5.74) is 8.61. The molecule has 2 aromatic rings. The average Bonchev–Trinajstić information content (AvgIpc) is 2.54. The molecule has 0 aliphatic carbocycles. The lowest BCUT2D eigenvalue weighted by Crippen LogP contribution is -2.54. The molecule has 2 rings (SSSR count). The van der Waals surface area contributed by atoms with E-state index in [4.69, 9.17) is 5.73 Å². The van der Waals surface area contributed by atoms with E-state index in [2.05, 4.69) is 60.4 Å². The van der Waals surface area contributed by atoms with Crippen molar-refractivity contribution in [1.29, 1.82) is 0 Å². The Labute approximate surface area is 127 Å². The van der Waals surface area contributed by atoms with Crippen LogP contribution in [0.25, 0.3) is 0 Å². The number of nitrogens with two attached hydrogens (primary N) is 1. The molecular weight excluding hydrogens is 256 g/mol. The van der Waals surface area contributed by atoms with Crippen LogP contribution in [0.4, 0.5) is 0 Å². The largest absolute Gasteiger partial charge is 0.329 e. The van der Waals surface area contributed by atoms with Crippen molar-refractivity contribution in [3.05, 3.63) is 84.4 Å². The zero-order valence-corrected chi connectivity index (χ0v) is 12.5. The third-order valence-corrected chi connectivity index (χ3v) is 3.78. The number of benzene rings is 2. The number of hydrogen-bond donors (Lipinski definition) is 2. The molecule has 0 saturated carbocycles. The van der Waals surface area contributed by atoms with Gasteiger partial charge in [-0.1, -0.05) is 66.7 Å². The van der Waals surface area contributed by atoms with E-state index in [1.807, 2.05) is 18.2 Å². The van der Waals surface area contributed by atoms with Gasteiger partial charge in [0.15, 0.2) is 0 Å². The summed E-state index contributed by atoms with van der Waals surface area (Å²) in [4.78, 5) is 0. The molecule has 0 bridgehead atoms. The van der Waals surface area contributed by atoms with Gasteiger partial charge in [0.2, 0.25) is 0 Å². The third-order valence-electron chi connectivity index (χ3n) is 3.78. The lowest BCUT2D eigenvalue weighted by atomic mass is 9.84. The molecule has 0 heterocycles. The first-order valence-corrected chi connectivity index (χ1v) is 7.42. The summed E-state index contributed by atoms with van der Waals surface area (Å²) in [6.07, 6.45) is 3.71. The van der Waals surface area contributed by atoms with Gasteiger partial charge < -0.3 is 11.1 Å². The Hall–Kier alpha value is -1.90. The van der Waals surface area contributed by atoms with Gasteiger partial charge in [0, 0.05) is 18.6 Å². The summed E-state index contributed by atoms with van der Waals surface area (Å²) in [5.74, 6) is 0. The van der Waals surface area contributed by atoms with Crippen LogP contribution in [0, 0.1) is 0 Å². The molecule has 110 valence electrons. The van der Waals surface area contributed by atoms with E-state index in [1.54, 1.807) is 0 Å². The SMILES string of the molecule is C=CCNC(CN)(Cc1ccccc1)Cc1ccccc1. The molecule has 0 fully saturated rings. The van der Waals surface area contributed by atoms with Gasteiger partial charge in [-0.25, -0.2) is 0 Å². The van der Waals surface area contributed by atoms with E-state index in [0.717, 1.165) is 19.4 Å². The maximum Gasteiger partial charge on any atom is 0.0387 e. The minimum Gasteiger partial charge on any atom is -0.329 e. The predicted octanol–water partition coefficient (Wildman–Crippen LogP) is 2.94. The molecule has 0 aromatic heterocycles. The molecule has 2 nitrogen and oxygen atoms in total. The fourth-order valence-corrected chi connectivity index (χ4v) is 2.67. The Kier molecular flexibility index (Phi) is 5.73. The molecule has 21 heavy (non-hydrogen) atoms. The zero-order valence-electron chi connectivity index (χ0n) is 12.5. The molecule has 2 heteroatoms. The van der Waals surface area contributed by atoms with Gasteiger partial charge in [-0.15, -0.1) is 6.58 Å². The second-order valence-electron chi connectivity index (χ2n) is 5.48. The fraction of sp³-hybridized carbons (Fsp3) is 0.263. The van der Waals surface area contributed by atoms with Crippen LogP contribution >= 0.6 is 0 Å². The van der Waals surface area contributed by atoms with Gasteiger partial charge in [-0.05, 0) is 24.0 Å². The highest BCUT2D eigenvalue weighted by molar-refractivity contribution is 5.23. The van der Waals surface area contributed by atoms with E-state index >= 15 is 0 Å². The van der Waals surface area contributed by atoms with Crippen molar-refractivity contribution in [2.75, 3.05) is 13.1 Å². The van der Waals surface area contributed by atoms with Crippen molar-refractivity contribution in [1.82, 2.24) is 5.32 Å². The highest BCUT2D eigenvalue weighted by atomic mass is 15.0. The van der Waals surface area contributed by atoms with Crippen LogP contribution in [0.1, 0.15) is 11.1 Å². The van der Waals surface area contributed by atoms with Gasteiger partial charge in [0.05, 0.1) is 0 Å². The molecule has 0 aliphatic rings. The van der Waals surface area contributed by atoms with E-state index < -0.39 is 0 Å². The number of rotatable bonds is 8. The van der Waals surface area contributed by atoms with Crippen LogP contribution in [0.2, 0.25) is 0 Å². The molecule has 0 saturated heterocycles. The maximum absolute atomic E-state index is 6.15. The summed E-state index contributed by atoms with van der Waals surface area (Å²) in [6.45, 7) is 5.16. The molecule has 0 aliphatic heterocycles. The minimum absolute atomic E-state index is 0.142. The van der Waals surface area contributed by atoms with E-state index in [0.29, 0.717) is 6.54 Å². The lowest BCUT2D eigenvalue weighted by molar-refractivity contribution is 0.340. The molecule has 2 aromatic carbocycles. The summed E-state index contributed by atoms with van der Waals surface area (Å²) in [7, 11) is 0. The van der Waals surface area contributed by atoms with Crippen LogP contribution in [0.15, 0.2) is 73.3 Å². The first-order chi connectivity index (χ1) is 10.3. The van der Waals surface area contributed by atoms with E-state index in [9.17, 15) is 0 Å². The fourth-order valence-electron chi connectivity index (χ4n) is 2.67. The van der Waals surface area contributed by atoms with Crippen molar-refractivity contribution in [3.8, 4) is 0 Å². The Balaban J connectivity index is 2.22. The highest BCUT2D eigenvalue weighted by Crippen LogP contribution is 2.19. The van der Waals surface area contributed by atoms with Crippen molar-refractivity contribution < 1.29 is 0 Å². The quantitative estimate of drug-likeness (QED) is 0.730. The highest BCUT2D eigenvalue weighted by Gasteiger charge is 2.28. The Bertz CT molecular complexity index is 493. The predicted molar refractivity (Wildman–Crippen MR) is 90.3 cm³/mol. The van der Waals surface area contributed by atoms with Crippen LogP contribution in [-0.4, -0.2) is 18.6 Å². The van der Waals surface area contributed by atoms with Gasteiger partial charge in [0.1, 0.15) is 0 Å². The molecular formula is C19H24N2. The van der Waals surface area contributed by atoms with Crippen molar-refractivity contribution in [3.63, 3.8) is 0 Å². The second kappa shape index (κ2) is 7.77. The maximum atomic E-state index is 6.15. The molecule has 3 N–H and O–H groups in total. The lowest BCUT2D eigenvalue weighted by Gasteiger charge is -2.34. The number of nitrogens with one attached hydrogen (secondary N) is 1. The van der Waals surface area contributed by atoms with Crippen LogP contribution in [0.3, 0.4) is 0 Å². The van der Waals surface area contributed by atoms with Gasteiger partial charge in [-0.3, -0.25) is 0 Å². The summed E-state index contributed by atoms with van der Waals surface area (Å²) < 4.78 is 0. The molecule has 0 amide bonds. The smallest absolute Gasteiger partial charge is 0.0387 e. The van der Waals surface area contributed by atoms with E-state index in [-0.39, 0.29) is 5.54 Å². The molecule has 0 radical (unpaired) electrons. The summed E-state index contributed by atoms with van der Waals surface area (Å²) in [5, 5.41) is 3.59. The van der Waals surface area contributed by atoms with Crippen LogP contribution in [0.5, 0.6) is 0 Å². The first-order valence-electron chi connectivity index (χ1n) is 7.42. The molecule has 0 atom stereocenters. The van der Waals surface area contributed by atoms with Gasteiger partial charge >= 0.3 is 0 Å². The summed E-state index contributed by atoms with van der Waals surface area (Å²) >= 11 is 0. The van der Waals surface area contributed by atoms with Crippen molar-refractivity contribution >= 4 is 0 Å². The van der Waals surface area contributed by atoms with Crippen molar-refractivity contribution in [2.24, 2.45) is 5.73 Å². The second-order valence-corrected chi connectivity index (χ2v) is 5.48. The Morgan fingerprint density at radius 3 is 1.76 bits per heavy atom. The van der Waals surface area contributed by atoms with Gasteiger partial charge in [0.25, 0.3) is 0 Å². The van der Waals surface area contributed by atoms with Gasteiger partial charge in [-0.2, -0.15) is 0 Å². The topological polar surface area (TPSA) is 38.0 Å². The Morgan fingerprint density at radius 1 is 0.905 bits per heavy atom. The normalized spacial score (nSPS) is 11.3. The average molecular weight is 280 g/mol. The molecule has 0 unspecified atom stereocenters. The monoisotopic (exact) mass is 280 g/mol. The number of hydrogen-bond acceptors (Lipinski definition) is 2. The Morgan fingerprint density at radius 2 is 1.38 bits per heavy atom. The zero-order chi connectivity index (χ0) is 15.0. The van der Waals surface area contributed by atoms with Crippen LogP contribution < -0.4 is 11.1 Å². The standard InChI is InChI=1S/C19H24N2/c1-2-13-21-19(16-20,14-17-9-5-3-6-10-17)15-18-11-7-4-8-12-18/h2-12,21H,1,13-16,20H2. The summed E-state index contributed by atoms with van der Waals surface area (Å²) in [6, 6.07) is 21.0. The first kappa shape index (κ1) is 15.5. The van der Waals surface area contributed by atoms with E-state index in [1.165, 1.54) is 11.1 Å². The third kappa shape index (κ3) is 4.55.